The molecule has 31 heavy (non-hydrogen) atoms. The summed E-state index contributed by atoms with van der Waals surface area (Å²) in [6.45, 7) is 4.52. The number of aliphatic carboxylic acids is 1. The molecule has 3 amide bonds. The molecule has 0 aliphatic carbocycles. The van der Waals surface area contributed by atoms with Crippen LogP contribution in [-0.4, -0.2) is 64.7 Å². The molecule has 0 spiro atoms. The smallest absolute Gasteiger partial charge is 0.328 e. The van der Waals surface area contributed by atoms with Crippen molar-refractivity contribution in [1.29, 1.82) is 0 Å². The number of aliphatic hydroxyl groups is 1. The molecule has 0 saturated heterocycles. The van der Waals surface area contributed by atoms with Crippen LogP contribution in [0.2, 0.25) is 0 Å². The molecule has 0 saturated carbocycles. The van der Waals surface area contributed by atoms with Crippen molar-refractivity contribution in [3.63, 3.8) is 0 Å². The van der Waals surface area contributed by atoms with Gasteiger partial charge < -0.3 is 31.9 Å². The first kappa shape index (κ1) is 26.1. The lowest BCUT2D eigenvalue weighted by atomic mass is 10.0. The van der Waals surface area contributed by atoms with Gasteiger partial charge in [-0.15, -0.1) is 0 Å². The van der Waals surface area contributed by atoms with E-state index in [4.69, 9.17) is 10.8 Å². The van der Waals surface area contributed by atoms with Gasteiger partial charge in [0.1, 0.15) is 6.04 Å². The zero-order chi connectivity index (χ0) is 23.6. The fourth-order valence-electron chi connectivity index (χ4n) is 2.85. The maximum Gasteiger partial charge on any atom is 0.328 e. The first-order valence-corrected chi connectivity index (χ1v) is 10.1. The highest BCUT2D eigenvalue weighted by Gasteiger charge is 2.30. The quantitative estimate of drug-likeness (QED) is 0.248. The maximum absolute atomic E-state index is 12.5. The van der Waals surface area contributed by atoms with Crippen LogP contribution in [0.4, 0.5) is 0 Å². The van der Waals surface area contributed by atoms with E-state index in [1.807, 2.05) is 44.2 Å². The first-order valence-electron chi connectivity index (χ1n) is 10.1. The van der Waals surface area contributed by atoms with Crippen molar-refractivity contribution in [2.45, 2.75) is 57.8 Å². The maximum atomic E-state index is 12.5. The van der Waals surface area contributed by atoms with E-state index >= 15 is 0 Å². The molecule has 4 atom stereocenters. The molecule has 1 rings (SSSR count). The van der Waals surface area contributed by atoms with Gasteiger partial charge in [0.2, 0.25) is 17.7 Å². The SMILES string of the molecule is CC(C)CC(NC(=O)CNC(=O)C(N)Cc1ccccc1)C(=O)NC(C(=O)O)C(C)O. The lowest BCUT2D eigenvalue weighted by molar-refractivity contribution is -0.145. The number of hydrogen-bond donors (Lipinski definition) is 6. The molecule has 0 aromatic heterocycles. The normalized spacial score (nSPS) is 14.8. The lowest BCUT2D eigenvalue weighted by Crippen LogP contribution is -2.56. The van der Waals surface area contributed by atoms with Gasteiger partial charge >= 0.3 is 5.97 Å². The average molecular weight is 437 g/mol. The van der Waals surface area contributed by atoms with Crippen LogP contribution in [0.5, 0.6) is 0 Å². The van der Waals surface area contributed by atoms with Gasteiger partial charge in [-0.3, -0.25) is 14.4 Å². The van der Waals surface area contributed by atoms with Crippen molar-refractivity contribution in [1.82, 2.24) is 16.0 Å². The second-order valence-corrected chi connectivity index (χ2v) is 7.83. The first-order chi connectivity index (χ1) is 14.5. The number of carboxylic acid groups (broad SMARTS) is 1. The molecule has 10 nitrogen and oxygen atoms in total. The van der Waals surface area contributed by atoms with Gasteiger partial charge in [-0.05, 0) is 31.2 Å². The van der Waals surface area contributed by atoms with E-state index in [1.165, 1.54) is 6.92 Å². The Morgan fingerprint density at radius 1 is 1.00 bits per heavy atom. The van der Waals surface area contributed by atoms with E-state index in [0.29, 0.717) is 6.42 Å². The van der Waals surface area contributed by atoms with Crippen molar-refractivity contribution in [2.24, 2.45) is 11.7 Å². The number of benzene rings is 1. The van der Waals surface area contributed by atoms with Crippen molar-refractivity contribution in [3.8, 4) is 0 Å². The summed E-state index contributed by atoms with van der Waals surface area (Å²) in [7, 11) is 0. The molecule has 1 aromatic carbocycles. The average Bonchev–Trinajstić information content (AvgIpc) is 2.69. The number of carbonyl (C=O) groups is 4. The summed E-state index contributed by atoms with van der Waals surface area (Å²) in [6, 6.07) is 5.83. The molecule has 7 N–H and O–H groups in total. The van der Waals surface area contributed by atoms with E-state index in [0.717, 1.165) is 5.56 Å². The summed E-state index contributed by atoms with van der Waals surface area (Å²) in [6.07, 6.45) is -0.768. The predicted octanol–water partition coefficient (Wildman–Crippen LogP) is -0.846. The number of hydrogen-bond acceptors (Lipinski definition) is 6. The van der Waals surface area contributed by atoms with Gasteiger partial charge in [0.25, 0.3) is 0 Å². The Morgan fingerprint density at radius 3 is 2.13 bits per heavy atom. The molecular formula is C21H32N4O6. The molecule has 0 bridgehead atoms. The minimum absolute atomic E-state index is 0.0137. The van der Waals surface area contributed by atoms with Crippen molar-refractivity contribution in [2.75, 3.05) is 6.54 Å². The van der Waals surface area contributed by atoms with Crippen LogP contribution >= 0.6 is 0 Å². The zero-order valence-electron chi connectivity index (χ0n) is 18.0. The Bertz CT molecular complexity index is 753. The van der Waals surface area contributed by atoms with Crippen molar-refractivity contribution >= 4 is 23.7 Å². The monoisotopic (exact) mass is 436 g/mol. The molecule has 172 valence electrons. The van der Waals surface area contributed by atoms with Gasteiger partial charge in [0.05, 0.1) is 18.7 Å². The van der Waals surface area contributed by atoms with Crippen LogP contribution < -0.4 is 21.7 Å². The summed E-state index contributed by atoms with van der Waals surface area (Å²) in [5.74, 6) is -3.24. The highest BCUT2D eigenvalue weighted by Crippen LogP contribution is 2.06. The Kier molecular flexibility index (Phi) is 10.6. The number of aliphatic hydroxyl groups excluding tert-OH is 1. The largest absolute Gasteiger partial charge is 0.480 e. The second-order valence-electron chi connectivity index (χ2n) is 7.83. The second kappa shape index (κ2) is 12.7. The molecule has 4 unspecified atom stereocenters. The number of amides is 3. The van der Waals surface area contributed by atoms with Crippen molar-refractivity contribution in [3.05, 3.63) is 35.9 Å². The van der Waals surface area contributed by atoms with Crippen LogP contribution in [-0.2, 0) is 25.6 Å². The molecule has 0 aliphatic rings. The zero-order valence-corrected chi connectivity index (χ0v) is 18.0. The van der Waals surface area contributed by atoms with Crippen LogP contribution in [0.1, 0.15) is 32.8 Å². The molecule has 10 heteroatoms. The van der Waals surface area contributed by atoms with Gasteiger partial charge in [0.15, 0.2) is 6.04 Å². The summed E-state index contributed by atoms with van der Waals surface area (Å²) in [4.78, 5) is 48.1. The number of rotatable bonds is 12. The van der Waals surface area contributed by atoms with Gasteiger partial charge in [0, 0.05) is 0 Å². The number of carbonyl (C=O) groups excluding carboxylic acids is 3. The van der Waals surface area contributed by atoms with Gasteiger partial charge in [-0.2, -0.15) is 0 Å². The van der Waals surface area contributed by atoms with E-state index < -0.39 is 47.9 Å². The minimum atomic E-state index is -1.50. The van der Waals surface area contributed by atoms with Gasteiger partial charge in [-0.1, -0.05) is 44.2 Å². The van der Waals surface area contributed by atoms with Crippen LogP contribution in [0, 0.1) is 5.92 Å². The van der Waals surface area contributed by atoms with Crippen molar-refractivity contribution < 1.29 is 29.4 Å². The lowest BCUT2D eigenvalue weighted by Gasteiger charge is -2.24. The van der Waals surface area contributed by atoms with Crippen LogP contribution in [0.3, 0.4) is 0 Å². The molecule has 0 heterocycles. The predicted molar refractivity (Wildman–Crippen MR) is 114 cm³/mol. The molecule has 0 aliphatic heterocycles. The van der Waals surface area contributed by atoms with E-state index in [9.17, 15) is 24.3 Å². The van der Waals surface area contributed by atoms with Crippen LogP contribution in [0.25, 0.3) is 0 Å². The highest BCUT2D eigenvalue weighted by atomic mass is 16.4. The summed E-state index contributed by atoms with van der Waals surface area (Å²) in [5.41, 5.74) is 6.76. The molecular weight excluding hydrogens is 404 g/mol. The highest BCUT2D eigenvalue weighted by molar-refractivity contribution is 5.92. The van der Waals surface area contributed by atoms with Gasteiger partial charge in [-0.25, -0.2) is 4.79 Å². The standard InChI is InChI=1S/C21H32N4O6/c1-12(2)9-16(20(29)25-18(13(3)26)21(30)31)24-17(27)11-23-19(28)15(22)10-14-7-5-4-6-8-14/h4-8,12-13,15-16,18,26H,9-11,22H2,1-3H3,(H,23,28)(H,24,27)(H,25,29)(H,30,31). The summed E-state index contributed by atoms with van der Waals surface area (Å²) < 4.78 is 0. The Hall–Kier alpha value is -2.98. The Balaban J connectivity index is 2.63. The third-order valence-corrected chi connectivity index (χ3v) is 4.46. The number of carboxylic acids is 1. The Labute approximate surface area is 181 Å². The van der Waals surface area contributed by atoms with E-state index in [2.05, 4.69) is 16.0 Å². The third-order valence-electron chi connectivity index (χ3n) is 4.46. The fraction of sp³-hybridized carbons (Fsp3) is 0.524. The Morgan fingerprint density at radius 2 is 1.61 bits per heavy atom. The third kappa shape index (κ3) is 9.58. The number of nitrogens with two attached hydrogens (primary N) is 1. The minimum Gasteiger partial charge on any atom is -0.480 e. The van der Waals surface area contributed by atoms with Crippen LogP contribution in [0.15, 0.2) is 30.3 Å². The molecule has 1 aromatic rings. The van der Waals surface area contributed by atoms with E-state index in [1.54, 1.807) is 0 Å². The molecule has 0 fully saturated rings. The fourth-order valence-corrected chi connectivity index (χ4v) is 2.85. The summed E-state index contributed by atoms with van der Waals surface area (Å²) in [5, 5.41) is 25.8. The number of nitrogens with one attached hydrogen (secondary N) is 3. The molecule has 0 radical (unpaired) electrons. The van der Waals surface area contributed by atoms with E-state index in [-0.39, 0.29) is 18.9 Å². The topological polar surface area (TPSA) is 171 Å². The summed E-state index contributed by atoms with van der Waals surface area (Å²) >= 11 is 0.